The topological polar surface area (TPSA) is 79.8 Å². The molecule has 0 aliphatic carbocycles. The fourth-order valence-electron chi connectivity index (χ4n) is 1.80. The van der Waals surface area contributed by atoms with E-state index in [0.29, 0.717) is 0 Å². The van der Waals surface area contributed by atoms with Crippen molar-refractivity contribution in [2.24, 2.45) is 0 Å². The molecule has 1 aromatic carbocycles. The van der Waals surface area contributed by atoms with Crippen molar-refractivity contribution in [3.05, 3.63) is 68.7 Å². The molecule has 2 aromatic rings. The molecule has 1 aromatic heterocycles. The Bertz CT molecular complexity index is 715. The van der Waals surface area contributed by atoms with Gasteiger partial charge in [0.25, 0.3) is 5.69 Å². The molecule has 0 fully saturated rings. The number of nitrogens with zero attached hydrogens (tertiary/aromatic N) is 3. The van der Waals surface area contributed by atoms with Gasteiger partial charge >= 0.3 is 0 Å². The summed E-state index contributed by atoms with van der Waals surface area (Å²) in [7, 11) is 0. The van der Waals surface area contributed by atoms with E-state index in [1.165, 1.54) is 24.3 Å². The summed E-state index contributed by atoms with van der Waals surface area (Å²) in [6, 6.07) is 9.80. The quantitative estimate of drug-likeness (QED) is 0.493. The molecule has 0 aliphatic heterocycles. The maximum absolute atomic E-state index is 13.8. The summed E-state index contributed by atoms with van der Waals surface area (Å²) in [5.41, 5.74) is -0.521. The third-order valence-electron chi connectivity index (χ3n) is 2.68. The smallest absolute Gasteiger partial charge is 0.258 e. The molecule has 1 atom stereocenters. The molecule has 5 nitrogen and oxygen atoms in total. The second-order valence-electron chi connectivity index (χ2n) is 3.88. The SMILES string of the molecule is N#CC(c1ccccc1F)c1nc(Cl)ccc1[N+](=O)[O-]. The van der Waals surface area contributed by atoms with E-state index < -0.39 is 16.7 Å². The number of halogens is 2. The van der Waals surface area contributed by atoms with Gasteiger partial charge in [0.1, 0.15) is 22.6 Å². The number of hydrogen-bond acceptors (Lipinski definition) is 4. The maximum atomic E-state index is 13.8. The van der Waals surface area contributed by atoms with Crippen LogP contribution < -0.4 is 0 Å². The van der Waals surface area contributed by atoms with E-state index in [9.17, 15) is 19.8 Å². The zero-order valence-corrected chi connectivity index (χ0v) is 10.7. The predicted molar refractivity (Wildman–Crippen MR) is 69.8 cm³/mol. The van der Waals surface area contributed by atoms with Crippen LogP contribution in [0.4, 0.5) is 10.1 Å². The van der Waals surface area contributed by atoms with Crippen LogP contribution in [0.15, 0.2) is 36.4 Å². The molecule has 0 bridgehead atoms. The van der Waals surface area contributed by atoms with Crippen molar-refractivity contribution in [2.75, 3.05) is 0 Å². The molecular formula is C13H7ClFN3O2. The van der Waals surface area contributed by atoms with Gasteiger partial charge in [0, 0.05) is 11.6 Å². The first-order valence-corrected chi connectivity index (χ1v) is 5.87. The van der Waals surface area contributed by atoms with Crippen LogP contribution in [0.3, 0.4) is 0 Å². The minimum Gasteiger partial charge on any atom is -0.258 e. The normalized spacial score (nSPS) is 11.7. The van der Waals surface area contributed by atoms with Gasteiger partial charge in [-0.05, 0) is 12.1 Å². The lowest BCUT2D eigenvalue weighted by Gasteiger charge is -2.10. The van der Waals surface area contributed by atoms with Crippen molar-refractivity contribution in [1.29, 1.82) is 5.26 Å². The summed E-state index contributed by atoms with van der Waals surface area (Å²) >= 11 is 5.71. The van der Waals surface area contributed by atoms with Gasteiger partial charge in [0.15, 0.2) is 0 Å². The molecule has 0 N–H and O–H groups in total. The van der Waals surface area contributed by atoms with Crippen LogP contribution in [-0.2, 0) is 0 Å². The molecule has 20 heavy (non-hydrogen) atoms. The molecule has 0 aliphatic rings. The van der Waals surface area contributed by atoms with E-state index >= 15 is 0 Å². The van der Waals surface area contributed by atoms with E-state index in [-0.39, 0.29) is 22.1 Å². The molecule has 7 heteroatoms. The van der Waals surface area contributed by atoms with Gasteiger partial charge in [-0.1, -0.05) is 29.8 Å². The Morgan fingerprint density at radius 3 is 2.65 bits per heavy atom. The molecule has 1 heterocycles. The first kappa shape index (κ1) is 13.9. The van der Waals surface area contributed by atoms with Gasteiger partial charge in [-0.3, -0.25) is 10.1 Å². The van der Waals surface area contributed by atoms with Crippen LogP contribution in [0, 0.1) is 27.3 Å². The predicted octanol–water partition coefficient (Wildman–Crippen LogP) is 3.44. The summed E-state index contributed by atoms with van der Waals surface area (Å²) in [6.07, 6.45) is 0. The summed E-state index contributed by atoms with van der Waals surface area (Å²) < 4.78 is 13.8. The van der Waals surface area contributed by atoms with Crippen LogP contribution in [0.2, 0.25) is 5.15 Å². The fourth-order valence-corrected chi connectivity index (χ4v) is 1.95. The Morgan fingerprint density at radius 1 is 1.35 bits per heavy atom. The minimum absolute atomic E-state index is 0.00203. The Labute approximate surface area is 118 Å². The van der Waals surface area contributed by atoms with Crippen molar-refractivity contribution in [2.45, 2.75) is 5.92 Å². The van der Waals surface area contributed by atoms with Crippen LogP contribution >= 0.6 is 11.6 Å². The highest BCUT2D eigenvalue weighted by molar-refractivity contribution is 6.29. The Kier molecular flexibility index (Phi) is 3.91. The molecular weight excluding hydrogens is 285 g/mol. The third-order valence-corrected chi connectivity index (χ3v) is 2.89. The van der Waals surface area contributed by atoms with Gasteiger partial charge in [-0.25, -0.2) is 9.37 Å². The second kappa shape index (κ2) is 5.63. The number of aromatic nitrogens is 1. The molecule has 0 saturated heterocycles. The van der Waals surface area contributed by atoms with Gasteiger partial charge in [-0.2, -0.15) is 5.26 Å². The number of pyridine rings is 1. The Morgan fingerprint density at radius 2 is 2.05 bits per heavy atom. The number of benzene rings is 1. The fraction of sp³-hybridized carbons (Fsp3) is 0.0769. The standard InChI is InChI=1S/C13H7ClFN3O2/c14-12-6-5-11(18(19)20)13(17-12)9(7-16)8-3-1-2-4-10(8)15/h1-6,9H. The van der Waals surface area contributed by atoms with Gasteiger partial charge in [0.2, 0.25) is 0 Å². The molecule has 2 rings (SSSR count). The van der Waals surface area contributed by atoms with Crippen LogP contribution in [0.25, 0.3) is 0 Å². The van der Waals surface area contributed by atoms with Gasteiger partial charge in [-0.15, -0.1) is 0 Å². The van der Waals surface area contributed by atoms with E-state index in [1.54, 1.807) is 6.07 Å². The van der Waals surface area contributed by atoms with Crippen molar-refractivity contribution < 1.29 is 9.31 Å². The molecule has 0 spiro atoms. The largest absolute Gasteiger partial charge is 0.292 e. The van der Waals surface area contributed by atoms with Crippen molar-refractivity contribution in [3.63, 3.8) is 0 Å². The second-order valence-corrected chi connectivity index (χ2v) is 4.27. The summed E-state index contributed by atoms with van der Waals surface area (Å²) in [4.78, 5) is 14.1. The highest BCUT2D eigenvalue weighted by Gasteiger charge is 2.27. The molecule has 0 saturated carbocycles. The van der Waals surface area contributed by atoms with Crippen LogP contribution in [0.5, 0.6) is 0 Å². The minimum atomic E-state index is -1.20. The number of nitro groups is 1. The zero-order chi connectivity index (χ0) is 14.7. The van der Waals surface area contributed by atoms with Crippen molar-refractivity contribution >= 4 is 17.3 Å². The van der Waals surface area contributed by atoms with Crippen molar-refractivity contribution in [1.82, 2.24) is 4.98 Å². The highest BCUT2D eigenvalue weighted by Crippen LogP contribution is 2.32. The molecule has 0 radical (unpaired) electrons. The zero-order valence-electron chi connectivity index (χ0n) is 9.96. The highest BCUT2D eigenvalue weighted by atomic mass is 35.5. The van der Waals surface area contributed by atoms with Gasteiger partial charge in [0.05, 0.1) is 11.0 Å². The molecule has 100 valence electrons. The lowest BCUT2D eigenvalue weighted by Crippen LogP contribution is -2.07. The lowest BCUT2D eigenvalue weighted by molar-refractivity contribution is -0.386. The summed E-state index contributed by atoms with van der Waals surface area (Å²) in [5.74, 6) is -1.83. The Balaban J connectivity index is 2.65. The van der Waals surface area contributed by atoms with E-state index in [4.69, 9.17) is 11.6 Å². The first-order chi connectivity index (χ1) is 9.54. The summed E-state index contributed by atoms with van der Waals surface area (Å²) in [5, 5.41) is 20.2. The molecule has 1 unspecified atom stereocenters. The Hall–Kier alpha value is -2.52. The number of hydrogen-bond donors (Lipinski definition) is 0. The average Bonchev–Trinajstić information content (AvgIpc) is 2.41. The monoisotopic (exact) mass is 291 g/mol. The first-order valence-electron chi connectivity index (χ1n) is 5.49. The number of rotatable bonds is 3. The van der Waals surface area contributed by atoms with Crippen molar-refractivity contribution in [3.8, 4) is 6.07 Å². The average molecular weight is 292 g/mol. The molecule has 0 amide bonds. The number of nitriles is 1. The summed E-state index contributed by atoms with van der Waals surface area (Å²) in [6.45, 7) is 0. The van der Waals surface area contributed by atoms with Gasteiger partial charge < -0.3 is 0 Å². The maximum Gasteiger partial charge on any atom is 0.292 e. The van der Waals surface area contributed by atoms with E-state index in [2.05, 4.69) is 4.98 Å². The van der Waals surface area contributed by atoms with Crippen LogP contribution in [-0.4, -0.2) is 9.91 Å². The third kappa shape index (κ3) is 2.58. The van der Waals surface area contributed by atoms with E-state index in [1.807, 2.05) is 6.07 Å². The van der Waals surface area contributed by atoms with Crippen LogP contribution in [0.1, 0.15) is 17.2 Å². The van der Waals surface area contributed by atoms with E-state index in [0.717, 1.165) is 6.07 Å². The lowest BCUT2D eigenvalue weighted by atomic mass is 9.95.